The molecule has 0 bridgehead atoms. The largest absolute Gasteiger partial charge is 0.493 e. The lowest BCUT2D eigenvalue weighted by atomic mass is 9.84. The molecule has 1 heterocycles. The summed E-state index contributed by atoms with van der Waals surface area (Å²) in [5.41, 5.74) is 1.42. The minimum absolute atomic E-state index is 0.576. The van der Waals surface area contributed by atoms with Gasteiger partial charge < -0.3 is 4.74 Å². The zero-order valence-electron chi connectivity index (χ0n) is 12.1. The Labute approximate surface area is 127 Å². The van der Waals surface area contributed by atoms with Crippen LogP contribution < -0.4 is 4.74 Å². The zero-order valence-corrected chi connectivity index (χ0v) is 12.8. The molecule has 1 aromatic carbocycles. The maximum Gasteiger partial charge on any atom is 0.122 e. The quantitative estimate of drug-likeness (QED) is 0.753. The average molecular weight is 294 g/mol. The van der Waals surface area contributed by atoms with Crippen LogP contribution in [0.4, 0.5) is 0 Å². The van der Waals surface area contributed by atoms with Gasteiger partial charge in [-0.05, 0) is 48.6 Å². The highest BCUT2D eigenvalue weighted by atomic mass is 35.5. The van der Waals surface area contributed by atoms with E-state index in [9.17, 15) is 0 Å². The fourth-order valence-corrected chi connectivity index (χ4v) is 3.78. The van der Waals surface area contributed by atoms with Gasteiger partial charge in [0.25, 0.3) is 0 Å². The average Bonchev–Trinajstić information content (AvgIpc) is 2.92. The molecule has 1 saturated carbocycles. The molecule has 0 amide bonds. The van der Waals surface area contributed by atoms with E-state index >= 15 is 0 Å². The van der Waals surface area contributed by atoms with Gasteiger partial charge in [-0.25, -0.2) is 4.42 Å². The first-order valence-electron chi connectivity index (χ1n) is 7.95. The van der Waals surface area contributed by atoms with Crippen molar-refractivity contribution in [3.63, 3.8) is 0 Å². The van der Waals surface area contributed by atoms with Crippen LogP contribution in [-0.2, 0) is 0 Å². The van der Waals surface area contributed by atoms with Crippen molar-refractivity contribution in [2.45, 2.75) is 44.4 Å². The number of rotatable bonds is 4. The number of hydrogen-bond acceptors (Lipinski definition) is 2. The van der Waals surface area contributed by atoms with Crippen LogP contribution in [-0.4, -0.2) is 24.1 Å². The van der Waals surface area contributed by atoms with Crippen LogP contribution in [0.5, 0.6) is 5.75 Å². The van der Waals surface area contributed by atoms with Crippen molar-refractivity contribution in [1.82, 2.24) is 4.42 Å². The molecule has 110 valence electrons. The van der Waals surface area contributed by atoms with Gasteiger partial charge in [0, 0.05) is 19.0 Å². The fourth-order valence-electron chi connectivity index (χ4n) is 3.49. The summed E-state index contributed by atoms with van der Waals surface area (Å²) in [4.78, 5) is 0. The highest BCUT2D eigenvalue weighted by Crippen LogP contribution is 2.37. The predicted molar refractivity (Wildman–Crippen MR) is 83.3 cm³/mol. The highest BCUT2D eigenvalue weighted by molar-refractivity contribution is 6.13. The Kier molecular flexibility index (Phi) is 4.85. The van der Waals surface area contributed by atoms with Crippen molar-refractivity contribution < 1.29 is 4.74 Å². The van der Waals surface area contributed by atoms with Gasteiger partial charge in [-0.2, -0.15) is 0 Å². The molecular weight excluding hydrogens is 270 g/mol. The van der Waals surface area contributed by atoms with Crippen molar-refractivity contribution >= 4 is 11.8 Å². The summed E-state index contributed by atoms with van der Waals surface area (Å²) in [5.74, 6) is 2.38. The lowest BCUT2D eigenvalue weighted by Crippen LogP contribution is -2.16. The third-order valence-electron chi connectivity index (χ3n) is 4.67. The molecule has 1 aliphatic heterocycles. The molecule has 1 aromatic rings. The third kappa shape index (κ3) is 3.48. The number of nitrogens with zero attached hydrogens (tertiary/aromatic N) is 1. The van der Waals surface area contributed by atoms with Crippen molar-refractivity contribution in [2.75, 3.05) is 19.7 Å². The van der Waals surface area contributed by atoms with Gasteiger partial charge in [0.2, 0.25) is 0 Å². The molecule has 1 saturated heterocycles. The van der Waals surface area contributed by atoms with E-state index in [1.54, 1.807) is 0 Å². The molecule has 0 spiro atoms. The number of hydrogen-bond donors (Lipinski definition) is 0. The molecule has 1 atom stereocenters. The van der Waals surface area contributed by atoms with Gasteiger partial charge in [-0.15, -0.1) is 0 Å². The predicted octanol–water partition coefficient (Wildman–Crippen LogP) is 4.59. The number of benzene rings is 1. The van der Waals surface area contributed by atoms with E-state index in [2.05, 4.69) is 24.3 Å². The van der Waals surface area contributed by atoms with Gasteiger partial charge >= 0.3 is 0 Å². The molecule has 0 aromatic heterocycles. The van der Waals surface area contributed by atoms with E-state index < -0.39 is 0 Å². The second-order valence-corrected chi connectivity index (χ2v) is 6.69. The van der Waals surface area contributed by atoms with E-state index in [-0.39, 0.29) is 0 Å². The standard InChI is InChI=1S/C17H24ClNO/c18-19-11-10-14(12-19)13-20-17-9-5-4-8-16(17)15-6-2-1-3-7-15/h4-5,8-9,14-15H,1-3,6-7,10-13H2/t14-/m0/s1. The fraction of sp³-hybridized carbons (Fsp3) is 0.647. The monoisotopic (exact) mass is 293 g/mol. The first kappa shape index (κ1) is 14.2. The van der Waals surface area contributed by atoms with Crippen LogP contribution in [0.2, 0.25) is 0 Å². The lowest BCUT2D eigenvalue weighted by Gasteiger charge is -2.24. The molecule has 0 radical (unpaired) electrons. The minimum atomic E-state index is 0.576. The van der Waals surface area contributed by atoms with E-state index in [0.29, 0.717) is 11.8 Å². The summed E-state index contributed by atoms with van der Waals surface area (Å²) in [7, 11) is 0. The normalized spacial score (nSPS) is 24.9. The molecule has 3 rings (SSSR count). The molecule has 1 aliphatic carbocycles. The maximum absolute atomic E-state index is 6.14. The van der Waals surface area contributed by atoms with E-state index in [1.807, 2.05) is 4.42 Å². The van der Waals surface area contributed by atoms with Gasteiger partial charge in [-0.3, -0.25) is 0 Å². The molecule has 3 heteroatoms. The second-order valence-electron chi connectivity index (χ2n) is 6.21. The molecule has 0 unspecified atom stereocenters. The first-order valence-corrected chi connectivity index (χ1v) is 8.29. The maximum atomic E-state index is 6.14. The molecule has 20 heavy (non-hydrogen) atoms. The van der Waals surface area contributed by atoms with Crippen LogP contribution in [0.1, 0.15) is 50.0 Å². The highest BCUT2D eigenvalue weighted by Gasteiger charge is 2.23. The van der Waals surface area contributed by atoms with Crippen LogP contribution in [0, 0.1) is 5.92 Å². The van der Waals surface area contributed by atoms with Crippen LogP contribution in [0.25, 0.3) is 0 Å². The van der Waals surface area contributed by atoms with E-state index in [4.69, 9.17) is 16.5 Å². The SMILES string of the molecule is ClN1CC[C@H](COc2ccccc2C2CCCCC2)C1. The summed E-state index contributed by atoms with van der Waals surface area (Å²) in [6.45, 7) is 2.74. The van der Waals surface area contributed by atoms with Crippen LogP contribution in [0.15, 0.2) is 24.3 Å². The second kappa shape index (κ2) is 6.82. The number of halogens is 1. The summed E-state index contributed by atoms with van der Waals surface area (Å²) < 4.78 is 8.01. The van der Waals surface area contributed by atoms with Gasteiger partial charge in [0.1, 0.15) is 5.75 Å². The minimum Gasteiger partial charge on any atom is -0.493 e. The Bertz CT molecular complexity index is 431. The van der Waals surface area contributed by atoms with E-state index in [1.165, 1.54) is 37.7 Å². The Morgan fingerprint density at radius 1 is 1.10 bits per heavy atom. The van der Waals surface area contributed by atoms with Gasteiger partial charge in [-0.1, -0.05) is 37.5 Å². The van der Waals surface area contributed by atoms with Crippen molar-refractivity contribution in [2.24, 2.45) is 5.92 Å². The summed E-state index contributed by atoms with van der Waals surface area (Å²) in [6, 6.07) is 8.63. The Morgan fingerprint density at radius 3 is 2.65 bits per heavy atom. The molecular formula is C17H24ClNO. The topological polar surface area (TPSA) is 12.5 Å². The molecule has 2 fully saturated rings. The van der Waals surface area contributed by atoms with Crippen LogP contribution >= 0.6 is 11.8 Å². The van der Waals surface area contributed by atoms with Gasteiger partial charge in [0.05, 0.1) is 6.61 Å². The Balaban J connectivity index is 1.63. The van der Waals surface area contributed by atoms with E-state index in [0.717, 1.165) is 31.9 Å². The summed E-state index contributed by atoms with van der Waals surface area (Å²) in [6.07, 6.45) is 7.91. The smallest absolute Gasteiger partial charge is 0.122 e. The number of para-hydroxylation sites is 1. The summed E-state index contributed by atoms with van der Waals surface area (Å²) in [5, 5.41) is 0. The van der Waals surface area contributed by atoms with Gasteiger partial charge in [0.15, 0.2) is 0 Å². The first-order chi connectivity index (χ1) is 9.83. The molecule has 0 N–H and O–H groups in total. The number of ether oxygens (including phenoxy) is 1. The summed E-state index contributed by atoms with van der Waals surface area (Å²) >= 11 is 6.02. The Morgan fingerprint density at radius 2 is 1.90 bits per heavy atom. The van der Waals surface area contributed by atoms with Crippen molar-refractivity contribution in [3.05, 3.63) is 29.8 Å². The lowest BCUT2D eigenvalue weighted by molar-refractivity contribution is 0.250. The Hall–Kier alpha value is -0.730. The zero-order chi connectivity index (χ0) is 13.8. The van der Waals surface area contributed by atoms with Crippen molar-refractivity contribution in [3.8, 4) is 5.75 Å². The molecule has 2 aliphatic rings. The van der Waals surface area contributed by atoms with Crippen molar-refractivity contribution in [1.29, 1.82) is 0 Å². The third-order valence-corrected chi connectivity index (χ3v) is 4.98. The molecule has 2 nitrogen and oxygen atoms in total. The van der Waals surface area contributed by atoms with Crippen LogP contribution in [0.3, 0.4) is 0 Å².